The normalized spacial score (nSPS) is 11.5. The Morgan fingerprint density at radius 1 is 1.33 bits per heavy atom. The van der Waals surface area contributed by atoms with Crippen molar-refractivity contribution in [3.8, 4) is 0 Å². The molecule has 0 aliphatic rings. The lowest BCUT2D eigenvalue weighted by Gasteiger charge is -2.14. The van der Waals surface area contributed by atoms with Crippen molar-refractivity contribution in [2.45, 2.75) is 17.9 Å². The van der Waals surface area contributed by atoms with E-state index < -0.39 is 12.1 Å². The number of hydrogen-bond donors (Lipinski definition) is 3. The molecule has 0 saturated carbocycles. The first-order valence-electron chi connectivity index (χ1n) is 5.50. The van der Waals surface area contributed by atoms with Crippen molar-refractivity contribution in [3.05, 3.63) is 24.3 Å². The maximum absolute atomic E-state index is 11.6. The Kier molecular flexibility index (Phi) is 5.51. The van der Waals surface area contributed by atoms with Crippen LogP contribution < -0.4 is 16.0 Å². The van der Waals surface area contributed by atoms with Crippen molar-refractivity contribution in [3.63, 3.8) is 0 Å². The summed E-state index contributed by atoms with van der Waals surface area (Å²) < 4.78 is 0. The molecular weight excluding hydrogens is 250 g/mol. The molecule has 3 N–H and O–H groups in total. The molecule has 0 aliphatic carbocycles. The molecule has 3 amide bonds. The fourth-order valence-electron chi connectivity index (χ4n) is 1.31. The van der Waals surface area contributed by atoms with Crippen LogP contribution in [0, 0.1) is 0 Å². The van der Waals surface area contributed by atoms with Gasteiger partial charge in [0.05, 0.1) is 0 Å². The Labute approximate surface area is 111 Å². The van der Waals surface area contributed by atoms with E-state index in [-0.39, 0.29) is 5.91 Å². The van der Waals surface area contributed by atoms with Gasteiger partial charge in [-0.05, 0) is 31.4 Å². The summed E-state index contributed by atoms with van der Waals surface area (Å²) >= 11 is 1.63. The van der Waals surface area contributed by atoms with Crippen LogP contribution in [0.15, 0.2) is 29.2 Å². The highest BCUT2D eigenvalue weighted by Crippen LogP contribution is 2.19. The third-order valence-corrected chi connectivity index (χ3v) is 3.04. The number of hydrogen-bond acceptors (Lipinski definition) is 4. The second-order valence-corrected chi connectivity index (χ2v) is 4.55. The SMILES string of the molecule is CNC(=O)NC(=O)C(C)Nc1cccc(SC)c1. The average Bonchev–Trinajstić information content (AvgIpc) is 2.38. The maximum atomic E-state index is 11.6. The summed E-state index contributed by atoms with van der Waals surface area (Å²) in [4.78, 5) is 23.7. The molecule has 1 rings (SSSR count). The molecule has 5 nitrogen and oxygen atoms in total. The lowest BCUT2D eigenvalue weighted by molar-refractivity contribution is -0.120. The Hall–Kier alpha value is -1.69. The van der Waals surface area contributed by atoms with E-state index in [2.05, 4.69) is 16.0 Å². The summed E-state index contributed by atoms with van der Waals surface area (Å²) in [5, 5.41) is 7.59. The van der Waals surface area contributed by atoms with Crippen LogP contribution in [0.25, 0.3) is 0 Å². The zero-order valence-corrected chi connectivity index (χ0v) is 11.4. The van der Waals surface area contributed by atoms with Crippen molar-refractivity contribution in [2.75, 3.05) is 18.6 Å². The molecule has 18 heavy (non-hydrogen) atoms. The first-order chi connectivity index (χ1) is 8.56. The minimum atomic E-state index is -0.508. The smallest absolute Gasteiger partial charge is 0.321 e. The maximum Gasteiger partial charge on any atom is 0.321 e. The van der Waals surface area contributed by atoms with E-state index in [9.17, 15) is 9.59 Å². The van der Waals surface area contributed by atoms with Crippen LogP contribution in [0.4, 0.5) is 10.5 Å². The van der Waals surface area contributed by atoms with Crippen LogP contribution in [0.5, 0.6) is 0 Å². The van der Waals surface area contributed by atoms with E-state index >= 15 is 0 Å². The standard InChI is InChI=1S/C12H17N3O2S/c1-8(11(16)15-12(17)13-2)14-9-5-4-6-10(7-9)18-3/h4-8,14H,1-3H3,(H2,13,15,16,17). The predicted octanol–water partition coefficient (Wildman–Crippen LogP) is 1.66. The number of carbonyl (C=O) groups is 2. The van der Waals surface area contributed by atoms with E-state index in [4.69, 9.17) is 0 Å². The van der Waals surface area contributed by atoms with Crippen LogP contribution in [0.2, 0.25) is 0 Å². The van der Waals surface area contributed by atoms with Crippen molar-refractivity contribution >= 4 is 29.4 Å². The Morgan fingerprint density at radius 2 is 2.06 bits per heavy atom. The zero-order chi connectivity index (χ0) is 13.5. The number of imide groups is 1. The average molecular weight is 267 g/mol. The number of rotatable bonds is 4. The van der Waals surface area contributed by atoms with Gasteiger partial charge in [-0.25, -0.2) is 4.79 Å². The molecule has 1 unspecified atom stereocenters. The van der Waals surface area contributed by atoms with Gasteiger partial charge in [0.1, 0.15) is 6.04 Å². The van der Waals surface area contributed by atoms with Gasteiger partial charge < -0.3 is 10.6 Å². The van der Waals surface area contributed by atoms with E-state index in [0.717, 1.165) is 10.6 Å². The molecule has 1 aromatic rings. The number of nitrogens with one attached hydrogen (secondary N) is 3. The highest BCUT2D eigenvalue weighted by atomic mass is 32.2. The van der Waals surface area contributed by atoms with Gasteiger partial charge in [-0.2, -0.15) is 0 Å². The highest BCUT2D eigenvalue weighted by Gasteiger charge is 2.14. The quantitative estimate of drug-likeness (QED) is 0.726. The van der Waals surface area contributed by atoms with Gasteiger partial charge in [-0.15, -0.1) is 11.8 Å². The van der Waals surface area contributed by atoms with Crippen LogP contribution in [0.1, 0.15) is 6.92 Å². The van der Waals surface area contributed by atoms with Crippen molar-refractivity contribution in [1.29, 1.82) is 0 Å². The molecule has 0 spiro atoms. The van der Waals surface area contributed by atoms with Gasteiger partial charge in [0, 0.05) is 17.6 Å². The third-order valence-electron chi connectivity index (χ3n) is 2.31. The second-order valence-electron chi connectivity index (χ2n) is 3.67. The van der Waals surface area contributed by atoms with Gasteiger partial charge in [-0.1, -0.05) is 6.07 Å². The Balaban J connectivity index is 2.60. The molecule has 0 radical (unpaired) electrons. The molecule has 98 valence electrons. The summed E-state index contributed by atoms with van der Waals surface area (Å²) in [5.74, 6) is -0.371. The number of amides is 3. The van der Waals surface area contributed by atoms with E-state index in [1.165, 1.54) is 7.05 Å². The van der Waals surface area contributed by atoms with Gasteiger partial charge in [0.15, 0.2) is 0 Å². The molecule has 0 saturated heterocycles. The van der Waals surface area contributed by atoms with Gasteiger partial charge in [-0.3, -0.25) is 10.1 Å². The van der Waals surface area contributed by atoms with Crippen molar-refractivity contribution < 1.29 is 9.59 Å². The molecule has 0 fully saturated rings. The van der Waals surface area contributed by atoms with Crippen LogP contribution in [-0.2, 0) is 4.79 Å². The molecule has 0 heterocycles. The summed E-state index contributed by atoms with van der Waals surface area (Å²) in [6.45, 7) is 1.70. The summed E-state index contributed by atoms with van der Waals surface area (Å²) in [7, 11) is 1.46. The van der Waals surface area contributed by atoms with Crippen molar-refractivity contribution in [2.24, 2.45) is 0 Å². The van der Waals surface area contributed by atoms with Gasteiger partial charge >= 0.3 is 6.03 Å². The minimum Gasteiger partial charge on any atom is -0.374 e. The molecule has 0 aliphatic heterocycles. The molecular formula is C12H17N3O2S. The van der Waals surface area contributed by atoms with Crippen molar-refractivity contribution in [1.82, 2.24) is 10.6 Å². The predicted molar refractivity (Wildman–Crippen MR) is 73.9 cm³/mol. The molecule has 0 bridgehead atoms. The second kappa shape index (κ2) is 6.90. The molecule has 0 aromatic heterocycles. The minimum absolute atomic E-state index is 0.371. The first-order valence-corrected chi connectivity index (χ1v) is 6.72. The van der Waals surface area contributed by atoms with E-state index in [0.29, 0.717) is 0 Å². The zero-order valence-electron chi connectivity index (χ0n) is 10.6. The lowest BCUT2D eigenvalue weighted by atomic mass is 10.2. The molecule has 1 atom stereocenters. The number of carbonyl (C=O) groups excluding carboxylic acids is 2. The molecule has 1 aromatic carbocycles. The van der Waals surface area contributed by atoms with E-state index in [1.54, 1.807) is 18.7 Å². The van der Waals surface area contributed by atoms with Crippen LogP contribution in [-0.4, -0.2) is 31.3 Å². The summed E-state index contributed by atoms with van der Waals surface area (Å²) in [6, 6.07) is 6.74. The summed E-state index contributed by atoms with van der Waals surface area (Å²) in [6.07, 6.45) is 1.99. The third kappa shape index (κ3) is 4.29. The van der Waals surface area contributed by atoms with Gasteiger partial charge in [0.2, 0.25) is 5.91 Å². The number of urea groups is 1. The number of thioether (sulfide) groups is 1. The molecule has 6 heteroatoms. The fourth-order valence-corrected chi connectivity index (χ4v) is 1.77. The topological polar surface area (TPSA) is 70.2 Å². The monoisotopic (exact) mass is 267 g/mol. The Morgan fingerprint density at radius 3 is 2.67 bits per heavy atom. The lowest BCUT2D eigenvalue weighted by Crippen LogP contribution is -2.44. The number of benzene rings is 1. The summed E-state index contributed by atoms with van der Waals surface area (Å²) in [5.41, 5.74) is 0.849. The number of anilines is 1. The highest BCUT2D eigenvalue weighted by molar-refractivity contribution is 7.98. The van der Waals surface area contributed by atoms with Gasteiger partial charge in [0.25, 0.3) is 0 Å². The fraction of sp³-hybridized carbons (Fsp3) is 0.333. The van der Waals surface area contributed by atoms with Crippen LogP contribution >= 0.6 is 11.8 Å². The first kappa shape index (κ1) is 14.4. The van der Waals surface area contributed by atoms with E-state index in [1.807, 2.05) is 30.5 Å². The van der Waals surface area contributed by atoms with Crippen LogP contribution in [0.3, 0.4) is 0 Å². The largest absolute Gasteiger partial charge is 0.374 e. The Bertz CT molecular complexity index is 437.